The van der Waals surface area contributed by atoms with Gasteiger partial charge in [-0.25, -0.2) is 14.6 Å². The molecule has 0 bridgehead atoms. The van der Waals surface area contributed by atoms with Crippen molar-refractivity contribution >= 4 is 29.6 Å². The zero-order valence-electron chi connectivity index (χ0n) is 15.8. The number of urea groups is 1. The molecule has 1 unspecified atom stereocenters. The quantitative estimate of drug-likeness (QED) is 0.459. The van der Waals surface area contributed by atoms with E-state index in [9.17, 15) is 24.0 Å². The second kappa shape index (κ2) is 9.75. The minimum absolute atomic E-state index is 0.00560. The van der Waals surface area contributed by atoms with Crippen molar-refractivity contribution in [3.8, 4) is 0 Å². The predicted molar refractivity (Wildman–Crippen MR) is 95.5 cm³/mol. The van der Waals surface area contributed by atoms with E-state index in [1.807, 2.05) is 6.07 Å². The number of nitrogens with zero attached hydrogens (tertiary/aromatic N) is 2. The third kappa shape index (κ3) is 5.23. The molecule has 0 saturated carbocycles. The molecule has 150 valence electrons. The molecule has 0 radical (unpaired) electrons. The second-order valence-corrected chi connectivity index (χ2v) is 6.32. The lowest BCUT2D eigenvalue weighted by Crippen LogP contribution is -2.61. The summed E-state index contributed by atoms with van der Waals surface area (Å²) >= 11 is 0. The van der Waals surface area contributed by atoms with E-state index in [2.05, 4.69) is 0 Å². The number of barbiturate groups is 1. The molecule has 0 N–H and O–H groups in total. The Hall–Kier alpha value is -3.07. The van der Waals surface area contributed by atoms with Crippen LogP contribution in [0.25, 0.3) is 0 Å². The zero-order valence-corrected chi connectivity index (χ0v) is 15.8. The van der Waals surface area contributed by atoms with Crippen LogP contribution in [0.15, 0.2) is 30.3 Å². The van der Waals surface area contributed by atoms with Gasteiger partial charge in [0.15, 0.2) is 6.73 Å². The van der Waals surface area contributed by atoms with Crippen molar-refractivity contribution in [1.29, 1.82) is 0 Å². The molecule has 1 heterocycles. The number of imide groups is 2. The molecule has 0 aromatic heterocycles. The van der Waals surface area contributed by atoms with E-state index in [-0.39, 0.29) is 31.8 Å². The van der Waals surface area contributed by atoms with Crippen LogP contribution in [-0.4, -0.2) is 60.0 Å². The normalized spacial score (nSPS) is 17.1. The number of hydrogen-bond acceptors (Lipinski definition) is 7. The largest absolute Gasteiger partial charge is 0.444 e. The molecule has 0 spiro atoms. The molecule has 9 heteroatoms. The summed E-state index contributed by atoms with van der Waals surface area (Å²) in [6.07, 6.45) is -0.0495. The smallest absolute Gasteiger partial charge is 0.338 e. The Morgan fingerprint density at radius 3 is 2.14 bits per heavy atom. The van der Waals surface area contributed by atoms with E-state index in [4.69, 9.17) is 9.47 Å². The van der Waals surface area contributed by atoms with Gasteiger partial charge in [0.05, 0.1) is 6.42 Å². The molecule has 1 atom stereocenters. The highest BCUT2D eigenvalue weighted by atomic mass is 16.5. The Labute approximate surface area is 162 Å². The van der Waals surface area contributed by atoms with E-state index in [1.165, 1.54) is 14.0 Å². The number of esters is 1. The van der Waals surface area contributed by atoms with E-state index in [1.54, 1.807) is 24.3 Å². The number of hydrogen-bond donors (Lipinski definition) is 0. The number of amides is 4. The summed E-state index contributed by atoms with van der Waals surface area (Å²) in [4.78, 5) is 62.1. The number of ether oxygens (including phenoxy) is 2. The van der Waals surface area contributed by atoms with Gasteiger partial charge in [0.2, 0.25) is 11.8 Å². The van der Waals surface area contributed by atoms with Gasteiger partial charge in [0.1, 0.15) is 18.4 Å². The van der Waals surface area contributed by atoms with Crippen molar-refractivity contribution in [1.82, 2.24) is 9.80 Å². The van der Waals surface area contributed by atoms with Crippen LogP contribution in [0.3, 0.4) is 0 Å². The van der Waals surface area contributed by atoms with Crippen LogP contribution in [0, 0.1) is 5.92 Å². The minimum Gasteiger partial charge on any atom is -0.444 e. The SMILES string of the molecule is COCN1C(=O)C(Cc2ccccc2)C(=O)N(COC(=O)CCC(C)=O)C1=O. The van der Waals surface area contributed by atoms with Gasteiger partial charge in [-0.3, -0.25) is 14.4 Å². The van der Waals surface area contributed by atoms with Gasteiger partial charge < -0.3 is 14.3 Å². The monoisotopic (exact) mass is 390 g/mol. The van der Waals surface area contributed by atoms with Gasteiger partial charge in [-0.15, -0.1) is 0 Å². The lowest BCUT2D eigenvalue weighted by molar-refractivity contribution is -0.160. The molecule has 1 saturated heterocycles. The first-order valence-corrected chi connectivity index (χ1v) is 8.69. The van der Waals surface area contributed by atoms with Crippen molar-refractivity contribution < 1.29 is 33.4 Å². The van der Waals surface area contributed by atoms with Gasteiger partial charge >= 0.3 is 12.0 Å². The molecule has 2 rings (SSSR count). The Morgan fingerprint density at radius 1 is 0.964 bits per heavy atom. The number of carbonyl (C=O) groups excluding carboxylic acids is 5. The van der Waals surface area contributed by atoms with Crippen LogP contribution in [0.2, 0.25) is 0 Å². The highest BCUT2D eigenvalue weighted by Crippen LogP contribution is 2.22. The summed E-state index contributed by atoms with van der Waals surface area (Å²) in [7, 11) is 1.31. The Kier molecular flexibility index (Phi) is 7.39. The van der Waals surface area contributed by atoms with Gasteiger partial charge in [-0.1, -0.05) is 30.3 Å². The second-order valence-electron chi connectivity index (χ2n) is 6.32. The summed E-state index contributed by atoms with van der Waals surface area (Å²) in [6, 6.07) is 7.98. The molecular formula is C19H22N2O7. The lowest BCUT2D eigenvalue weighted by atomic mass is 9.95. The van der Waals surface area contributed by atoms with E-state index in [0.29, 0.717) is 4.90 Å². The lowest BCUT2D eigenvalue weighted by Gasteiger charge is -2.36. The summed E-state index contributed by atoms with van der Waals surface area (Å²) in [5.41, 5.74) is 0.749. The molecule has 9 nitrogen and oxygen atoms in total. The highest BCUT2D eigenvalue weighted by Gasteiger charge is 2.46. The fraction of sp³-hybridized carbons (Fsp3) is 0.421. The Morgan fingerprint density at radius 2 is 1.57 bits per heavy atom. The number of Topliss-reactive ketones (excluding diaryl/α,β-unsaturated/α-hetero) is 1. The van der Waals surface area contributed by atoms with Gasteiger partial charge in [0.25, 0.3) is 0 Å². The van der Waals surface area contributed by atoms with E-state index >= 15 is 0 Å². The molecular weight excluding hydrogens is 368 g/mol. The number of rotatable bonds is 9. The van der Waals surface area contributed by atoms with E-state index < -0.39 is 36.5 Å². The third-order valence-electron chi connectivity index (χ3n) is 4.17. The summed E-state index contributed by atoms with van der Waals surface area (Å²) in [5.74, 6) is -3.44. The number of carbonyl (C=O) groups is 5. The topological polar surface area (TPSA) is 110 Å². The average Bonchev–Trinajstić information content (AvgIpc) is 2.67. The van der Waals surface area contributed by atoms with Gasteiger partial charge in [-0.2, -0.15) is 0 Å². The van der Waals surface area contributed by atoms with Crippen LogP contribution in [0.5, 0.6) is 0 Å². The van der Waals surface area contributed by atoms with Crippen LogP contribution in [0.4, 0.5) is 4.79 Å². The first-order chi connectivity index (χ1) is 13.3. The fourth-order valence-corrected chi connectivity index (χ4v) is 2.69. The van der Waals surface area contributed by atoms with Gasteiger partial charge in [0, 0.05) is 13.5 Å². The molecule has 1 aromatic rings. The first-order valence-electron chi connectivity index (χ1n) is 8.69. The number of benzene rings is 1. The van der Waals surface area contributed by atoms with Crippen molar-refractivity contribution in [3.63, 3.8) is 0 Å². The molecule has 1 aliphatic rings. The van der Waals surface area contributed by atoms with E-state index in [0.717, 1.165) is 10.5 Å². The molecule has 1 aromatic carbocycles. The van der Waals surface area contributed by atoms with Crippen molar-refractivity contribution in [3.05, 3.63) is 35.9 Å². The highest BCUT2D eigenvalue weighted by molar-refractivity contribution is 6.16. The van der Waals surface area contributed by atoms with Gasteiger partial charge in [-0.05, 0) is 18.9 Å². The average molecular weight is 390 g/mol. The zero-order chi connectivity index (χ0) is 20.7. The molecule has 28 heavy (non-hydrogen) atoms. The van der Waals surface area contributed by atoms with Crippen LogP contribution >= 0.6 is 0 Å². The Bertz CT molecular complexity index is 763. The molecule has 4 amide bonds. The van der Waals surface area contributed by atoms with Crippen molar-refractivity contribution in [2.75, 3.05) is 20.6 Å². The number of ketones is 1. The van der Waals surface area contributed by atoms with Crippen LogP contribution < -0.4 is 0 Å². The maximum Gasteiger partial charge on any atom is 0.338 e. The predicted octanol–water partition coefficient (Wildman–Crippen LogP) is 1.11. The molecule has 1 aliphatic heterocycles. The van der Waals surface area contributed by atoms with Crippen LogP contribution in [0.1, 0.15) is 25.3 Å². The van der Waals surface area contributed by atoms with Crippen molar-refractivity contribution in [2.45, 2.75) is 26.2 Å². The minimum atomic E-state index is -1.13. The first kappa shape index (κ1) is 21.2. The van der Waals surface area contributed by atoms with Crippen molar-refractivity contribution in [2.24, 2.45) is 5.92 Å². The standard InChI is InChI=1S/C19H22N2O7/c1-13(22)8-9-16(23)28-12-21-18(25)15(10-14-6-4-3-5-7-14)17(24)20(11-27-2)19(21)26/h3-7,15H,8-12H2,1-2H3. The molecule has 0 aliphatic carbocycles. The van der Waals surface area contributed by atoms with Crippen LogP contribution in [-0.2, 0) is 35.1 Å². The third-order valence-corrected chi connectivity index (χ3v) is 4.17. The fourth-order valence-electron chi connectivity index (χ4n) is 2.69. The summed E-state index contributed by atoms with van der Waals surface area (Å²) in [5, 5.41) is 0. The maximum atomic E-state index is 12.8. The maximum absolute atomic E-state index is 12.8. The summed E-state index contributed by atoms with van der Waals surface area (Å²) in [6.45, 7) is 0.381. The summed E-state index contributed by atoms with van der Waals surface area (Å²) < 4.78 is 9.84. The molecule has 1 fully saturated rings. The Balaban J connectivity index is 2.14. The number of methoxy groups -OCH3 is 1.